The maximum Gasteiger partial charge on any atom is 0.191 e. The van der Waals surface area contributed by atoms with Gasteiger partial charge in [-0.15, -0.1) is 0 Å². The normalized spacial score (nSPS) is 18.3. The van der Waals surface area contributed by atoms with E-state index in [0.29, 0.717) is 12.0 Å². The molecule has 1 aliphatic carbocycles. The quantitative estimate of drug-likeness (QED) is 0.820. The van der Waals surface area contributed by atoms with Crippen molar-refractivity contribution in [3.8, 4) is 5.75 Å². The number of halogens is 2. The lowest BCUT2D eigenvalue weighted by Crippen LogP contribution is -2.22. The maximum absolute atomic E-state index is 14.1. The third-order valence-electron chi connectivity index (χ3n) is 4.17. The van der Waals surface area contributed by atoms with Gasteiger partial charge in [-0.1, -0.05) is 19.8 Å². The minimum absolute atomic E-state index is 0.0692. The fourth-order valence-corrected chi connectivity index (χ4v) is 2.82. The molecular weight excluding hydrogens is 272 g/mol. The molecule has 0 saturated heterocycles. The van der Waals surface area contributed by atoms with Crippen molar-refractivity contribution in [2.45, 2.75) is 70.4 Å². The zero-order valence-electron chi connectivity index (χ0n) is 12.7. The Morgan fingerprint density at radius 3 is 2.24 bits per heavy atom. The predicted octanol–water partition coefficient (Wildman–Crippen LogP) is 4.35. The predicted molar refractivity (Wildman–Crippen MR) is 80.4 cm³/mol. The fraction of sp³-hybridized carbons (Fsp3) is 0.647. The van der Waals surface area contributed by atoms with E-state index >= 15 is 0 Å². The Bertz CT molecular complexity index is 433. The first-order valence-corrected chi connectivity index (χ1v) is 8.00. The topological polar surface area (TPSA) is 35.2 Å². The van der Waals surface area contributed by atoms with Gasteiger partial charge in [0, 0.05) is 6.04 Å². The Labute approximate surface area is 125 Å². The van der Waals surface area contributed by atoms with Crippen LogP contribution in [0.4, 0.5) is 8.78 Å². The first kappa shape index (κ1) is 16.2. The molecule has 2 N–H and O–H groups in total. The van der Waals surface area contributed by atoms with Gasteiger partial charge in [0.15, 0.2) is 17.4 Å². The zero-order valence-corrected chi connectivity index (χ0v) is 12.7. The Hall–Kier alpha value is -1.16. The molecule has 2 rings (SSSR count). The summed E-state index contributed by atoms with van der Waals surface area (Å²) < 4.78 is 33.8. The highest BCUT2D eigenvalue weighted by Crippen LogP contribution is 2.28. The highest BCUT2D eigenvalue weighted by Gasteiger charge is 2.19. The van der Waals surface area contributed by atoms with E-state index in [1.54, 1.807) is 0 Å². The van der Waals surface area contributed by atoms with Crippen molar-refractivity contribution < 1.29 is 13.5 Å². The summed E-state index contributed by atoms with van der Waals surface area (Å²) in [4.78, 5) is 0. The molecule has 21 heavy (non-hydrogen) atoms. The molecule has 2 nitrogen and oxygen atoms in total. The van der Waals surface area contributed by atoms with E-state index in [0.717, 1.165) is 32.1 Å². The van der Waals surface area contributed by atoms with Crippen LogP contribution < -0.4 is 10.5 Å². The summed E-state index contributed by atoms with van der Waals surface area (Å²) in [6.45, 7) is 1.96. The van der Waals surface area contributed by atoms with E-state index in [4.69, 9.17) is 10.5 Å². The van der Waals surface area contributed by atoms with Crippen LogP contribution in [0.25, 0.3) is 0 Å². The summed E-state index contributed by atoms with van der Waals surface area (Å²) in [5.41, 5.74) is 6.42. The van der Waals surface area contributed by atoms with Gasteiger partial charge in [0.25, 0.3) is 0 Å². The van der Waals surface area contributed by atoms with E-state index < -0.39 is 11.6 Å². The van der Waals surface area contributed by atoms with Gasteiger partial charge in [-0.25, -0.2) is 8.78 Å². The monoisotopic (exact) mass is 297 g/mol. The molecule has 1 fully saturated rings. The summed E-state index contributed by atoms with van der Waals surface area (Å²) in [7, 11) is 0. The number of rotatable bonds is 5. The van der Waals surface area contributed by atoms with Crippen LogP contribution in [0.5, 0.6) is 5.75 Å². The summed E-state index contributed by atoms with van der Waals surface area (Å²) in [6.07, 6.45) is 7.44. The molecule has 1 aromatic rings. The number of hydrogen-bond acceptors (Lipinski definition) is 2. The lowest BCUT2D eigenvalue weighted by atomic mass is 10.0. The standard InChI is InChI=1S/C17H25F2NO/c1-2-13(20)9-12-10-15(18)17(16(19)11-12)21-14-7-5-3-4-6-8-14/h10-11,13-14H,2-9,20H2,1H3. The lowest BCUT2D eigenvalue weighted by molar-refractivity contribution is 0.167. The van der Waals surface area contributed by atoms with Gasteiger partial charge in [0.1, 0.15) is 0 Å². The second kappa shape index (κ2) is 7.74. The van der Waals surface area contributed by atoms with Gasteiger partial charge >= 0.3 is 0 Å². The number of hydrogen-bond donors (Lipinski definition) is 1. The van der Waals surface area contributed by atoms with Crippen molar-refractivity contribution in [1.29, 1.82) is 0 Å². The summed E-state index contributed by atoms with van der Waals surface area (Å²) >= 11 is 0. The average molecular weight is 297 g/mol. The minimum atomic E-state index is -0.613. The third-order valence-corrected chi connectivity index (χ3v) is 4.17. The SMILES string of the molecule is CCC(N)Cc1cc(F)c(OC2CCCCCC2)c(F)c1. The van der Waals surface area contributed by atoms with Crippen molar-refractivity contribution in [2.75, 3.05) is 0 Å². The molecule has 0 aromatic heterocycles. The molecule has 0 heterocycles. The number of ether oxygens (including phenoxy) is 1. The summed E-state index contributed by atoms with van der Waals surface area (Å²) in [6, 6.07) is 2.63. The van der Waals surface area contributed by atoms with E-state index in [1.165, 1.54) is 25.0 Å². The summed E-state index contributed by atoms with van der Waals surface area (Å²) in [5.74, 6) is -1.45. The molecule has 1 atom stereocenters. The van der Waals surface area contributed by atoms with E-state index in [9.17, 15) is 8.78 Å². The van der Waals surface area contributed by atoms with Crippen molar-refractivity contribution >= 4 is 0 Å². The molecule has 1 aromatic carbocycles. The van der Waals surface area contributed by atoms with Crippen molar-refractivity contribution in [2.24, 2.45) is 5.73 Å². The third kappa shape index (κ3) is 4.67. The van der Waals surface area contributed by atoms with Gasteiger partial charge in [-0.05, 0) is 56.2 Å². The Morgan fingerprint density at radius 1 is 1.14 bits per heavy atom. The molecule has 0 radical (unpaired) electrons. The average Bonchev–Trinajstić information content (AvgIpc) is 2.71. The molecule has 0 spiro atoms. The molecule has 0 amide bonds. The van der Waals surface area contributed by atoms with Crippen LogP contribution in [0, 0.1) is 11.6 Å². The molecule has 4 heteroatoms. The summed E-state index contributed by atoms with van der Waals surface area (Å²) in [5, 5.41) is 0. The molecule has 0 bridgehead atoms. The molecule has 1 saturated carbocycles. The van der Waals surface area contributed by atoms with Crippen LogP contribution >= 0.6 is 0 Å². The molecule has 118 valence electrons. The van der Waals surface area contributed by atoms with E-state index in [1.807, 2.05) is 6.92 Å². The van der Waals surface area contributed by atoms with Gasteiger partial charge in [0.05, 0.1) is 6.10 Å². The van der Waals surface area contributed by atoms with Crippen LogP contribution in [-0.4, -0.2) is 12.1 Å². The van der Waals surface area contributed by atoms with Crippen LogP contribution in [0.3, 0.4) is 0 Å². The van der Waals surface area contributed by atoms with E-state index in [2.05, 4.69) is 0 Å². The maximum atomic E-state index is 14.1. The molecule has 0 aliphatic heterocycles. The number of benzene rings is 1. The molecular formula is C17H25F2NO. The highest BCUT2D eigenvalue weighted by molar-refractivity contribution is 5.32. The van der Waals surface area contributed by atoms with Crippen molar-refractivity contribution in [3.05, 3.63) is 29.3 Å². The first-order chi connectivity index (χ1) is 10.1. The van der Waals surface area contributed by atoms with Gasteiger partial charge in [-0.2, -0.15) is 0 Å². The van der Waals surface area contributed by atoms with Crippen LogP contribution in [0.1, 0.15) is 57.4 Å². The Morgan fingerprint density at radius 2 is 1.71 bits per heavy atom. The van der Waals surface area contributed by atoms with Crippen LogP contribution in [0.15, 0.2) is 12.1 Å². The highest BCUT2D eigenvalue weighted by atomic mass is 19.1. The Kier molecular flexibility index (Phi) is 5.97. The second-order valence-electron chi connectivity index (χ2n) is 5.99. The van der Waals surface area contributed by atoms with Crippen LogP contribution in [-0.2, 0) is 6.42 Å². The largest absolute Gasteiger partial charge is 0.484 e. The van der Waals surface area contributed by atoms with Gasteiger partial charge in [-0.3, -0.25) is 0 Å². The van der Waals surface area contributed by atoms with Gasteiger partial charge in [0.2, 0.25) is 0 Å². The van der Waals surface area contributed by atoms with Gasteiger partial charge < -0.3 is 10.5 Å². The van der Waals surface area contributed by atoms with E-state index in [-0.39, 0.29) is 17.9 Å². The fourth-order valence-electron chi connectivity index (χ4n) is 2.82. The molecule has 1 unspecified atom stereocenters. The first-order valence-electron chi connectivity index (χ1n) is 8.00. The smallest absolute Gasteiger partial charge is 0.191 e. The Balaban J connectivity index is 2.09. The van der Waals surface area contributed by atoms with Crippen molar-refractivity contribution in [3.63, 3.8) is 0 Å². The van der Waals surface area contributed by atoms with Crippen LogP contribution in [0.2, 0.25) is 0 Å². The second-order valence-corrected chi connectivity index (χ2v) is 5.99. The lowest BCUT2D eigenvalue weighted by Gasteiger charge is -2.18. The zero-order chi connectivity index (χ0) is 15.2. The molecule has 1 aliphatic rings. The minimum Gasteiger partial charge on any atom is -0.484 e. The number of nitrogens with two attached hydrogens (primary N) is 1. The van der Waals surface area contributed by atoms with Crippen molar-refractivity contribution in [1.82, 2.24) is 0 Å².